The molecule has 2 heterocycles. The van der Waals surface area contributed by atoms with Crippen LogP contribution in [-0.2, 0) is 20.9 Å². The summed E-state index contributed by atoms with van der Waals surface area (Å²) in [7, 11) is 0. The van der Waals surface area contributed by atoms with E-state index in [4.69, 9.17) is 4.74 Å². The van der Waals surface area contributed by atoms with Crippen molar-refractivity contribution in [3.8, 4) is 0 Å². The summed E-state index contributed by atoms with van der Waals surface area (Å²) in [5.41, 5.74) is 0.447. The molecular weight excluding hydrogens is 328 g/mol. The van der Waals surface area contributed by atoms with Crippen LogP contribution in [0, 0.1) is 16.0 Å². The summed E-state index contributed by atoms with van der Waals surface area (Å²) in [5.74, 6) is -1.16. The number of fused-ring (bicyclic) bond motifs is 1. The van der Waals surface area contributed by atoms with Gasteiger partial charge in [-0.25, -0.2) is 4.79 Å². The van der Waals surface area contributed by atoms with E-state index >= 15 is 0 Å². The zero-order valence-electron chi connectivity index (χ0n) is 13.7. The van der Waals surface area contributed by atoms with Crippen molar-refractivity contribution >= 4 is 17.6 Å². The molecule has 132 valence electrons. The number of carbonyl (C=O) groups is 2. The molecule has 2 atom stereocenters. The highest BCUT2D eigenvalue weighted by atomic mass is 16.6. The van der Waals surface area contributed by atoms with Gasteiger partial charge < -0.3 is 9.84 Å². The monoisotopic (exact) mass is 346 g/mol. The first-order valence-electron chi connectivity index (χ1n) is 8.09. The van der Waals surface area contributed by atoms with Crippen molar-refractivity contribution in [1.82, 2.24) is 4.90 Å². The summed E-state index contributed by atoms with van der Waals surface area (Å²) in [6.07, 6.45) is 1.67. The van der Waals surface area contributed by atoms with Gasteiger partial charge in [0.15, 0.2) is 5.70 Å². The molecule has 1 amide bonds. The van der Waals surface area contributed by atoms with Crippen LogP contribution >= 0.6 is 0 Å². The van der Waals surface area contributed by atoms with Crippen LogP contribution in [0.1, 0.15) is 31.7 Å². The first-order chi connectivity index (χ1) is 11.9. The summed E-state index contributed by atoms with van der Waals surface area (Å²) in [4.78, 5) is 36.0. The molecule has 0 unspecified atom stereocenters. The minimum absolute atomic E-state index is 0.0534. The number of amides is 1. The molecule has 0 spiro atoms. The molecule has 2 aliphatic heterocycles. The smallest absolute Gasteiger partial charge is 0.358 e. The quantitative estimate of drug-likeness (QED) is 0.379. The second-order valence-electron chi connectivity index (χ2n) is 6.12. The van der Waals surface area contributed by atoms with Crippen LogP contribution in [0.15, 0.2) is 35.7 Å². The minimum Gasteiger partial charge on any atom is -0.510 e. The maximum atomic E-state index is 12.3. The number of nitrogens with zero attached hydrogens (tertiary/aromatic N) is 2. The molecule has 3 rings (SSSR count). The van der Waals surface area contributed by atoms with Gasteiger partial charge in [-0.3, -0.25) is 19.8 Å². The third-order valence-corrected chi connectivity index (χ3v) is 4.69. The minimum atomic E-state index is -0.761. The van der Waals surface area contributed by atoms with E-state index in [1.165, 1.54) is 29.2 Å². The van der Waals surface area contributed by atoms with E-state index in [-0.39, 0.29) is 41.6 Å². The first-order valence-corrected chi connectivity index (χ1v) is 8.09. The third kappa shape index (κ3) is 2.95. The Morgan fingerprint density at radius 3 is 2.68 bits per heavy atom. The van der Waals surface area contributed by atoms with Gasteiger partial charge in [-0.1, -0.05) is 6.92 Å². The molecule has 0 saturated carbocycles. The lowest BCUT2D eigenvalue weighted by atomic mass is 9.79. The average molecular weight is 346 g/mol. The van der Waals surface area contributed by atoms with Crippen molar-refractivity contribution in [3.63, 3.8) is 0 Å². The number of nitro benzene ring substituents is 1. The fourth-order valence-corrected chi connectivity index (χ4v) is 3.35. The van der Waals surface area contributed by atoms with E-state index in [0.29, 0.717) is 24.8 Å². The number of carbonyl (C=O) groups excluding carboxylic acids is 2. The van der Waals surface area contributed by atoms with Crippen LogP contribution in [0.25, 0.3) is 0 Å². The Morgan fingerprint density at radius 1 is 1.40 bits per heavy atom. The molecule has 0 aliphatic carbocycles. The van der Waals surface area contributed by atoms with Crippen LogP contribution in [0.2, 0.25) is 0 Å². The van der Waals surface area contributed by atoms with Crippen LogP contribution in [0.3, 0.4) is 0 Å². The number of allylic oxidation sites excluding steroid dienone is 1. The number of nitro groups is 1. The van der Waals surface area contributed by atoms with Crippen LogP contribution < -0.4 is 0 Å². The Kier molecular flexibility index (Phi) is 4.43. The lowest BCUT2D eigenvalue weighted by molar-refractivity contribution is -0.384. The molecule has 1 aromatic rings. The Balaban J connectivity index is 1.68. The highest BCUT2D eigenvalue weighted by molar-refractivity contribution is 5.98. The number of esters is 1. The highest BCUT2D eigenvalue weighted by Gasteiger charge is 2.52. The van der Waals surface area contributed by atoms with Crippen LogP contribution in [0.4, 0.5) is 5.69 Å². The average Bonchev–Trinajstić information content (AvgIpc) is 2.60. The topological polar surface area (TPSA) is 110 Å². The number of aliphatic hydroxyl groups excluding tert-OH is 1. The van der Waals surface area contributed by atoms with Crippen molar-refractivity contribution in [1.29, 1.82) is 0 Å². The van der Waals surface area contributed by atoms with Crippen molar-refractivity contribution < 1.29 is 24.4 Å². The summed E-state index contributed by atoms with van der Waals surface area (Å²) < 4.78 is 5.19. The summed E-state index contributed by atoms with van der Waals surface area (Å²) in [6, 6.07) is 5.56. The third-order valence-electron chi connectivity index (χ3n) is 4.69. The second-order valence-corrected chi connectivity index (χ2v) is 6.12. The predicted molar refractivity (Wildman–Crippen MR) is 86.2 cm³/mol. The van der Waals surface area contributed by atoms with E-state index in [1.807, 2.05) is 6.92 Å². The molecule has 2 aliphatic rings. The van der Waals surface area contributed by atoms with E-state index in [0.717, 1.165) is 0 Å². The SMILES string of the molecule is CC[C@H]1C(=O)N2C(C(=O)OCc3ccc([N+](=O)[O-])cc3)=C(O)CC[C@H]12. The maximum absolute atomic E-state index is 12.3. The predicted octanol–water partition coefficient (Wildman–Crippen LogP) is 2.44. The fraction of sp³-hybridized carbons (Fsp3) is 0.412. The Labute approximate surface area is 143 Å². The molecule has 0 bridgehead atoms. The molecular formula is C17H18N2O6. The first kappa shape index (κ1) is 16.9. The van der Waals surface area contributed by atoms with Gasteiger partial charge in [-0.15, -0.1) is 0 Å². The zero-order valence-corrected chi connectivity index (χ0v) is 13.7. The number of ether oxygens (including phenoxy) is 1. The van der Waals surface area contributed by atoms with Gasteiger partial charge in [0.2, 0.25) is 5.91 Å². The molecule has 8 nitrogen and oxygen atoms in total. The largest absolute Gasteiger partial charge is 0.510 e. The van der Waals surface area contributed by atoms with Gasteiger partial charge >= 0.3 is 5.97 Å². The van der Waals surface area contributed by atoms with Crippen molar-refractivity contribution in [3.05, 3.63) is 51.4 Å². The number of β-lactam (4-membered cyclic amide) rings is 1. The maximum Gasteiger partial charge on any atom is 0.358 e. The molecule has 0 radical (unpaired) electrons. The highest BCUT2D eigenvalue weighted by Crippen LogP contribution is 2.41. The van der Waals surface area contributed by atoms with Crippen LogP contribution in [0.5, 0.6) is 0 Å². The van der Waals surface area contributed by atoms with E-state index < -0.39 is 10.9 Å². The molecule has 0 aromatic heterocycles. The Hall–Kier alpha value is -2.90. The standard InChI is InChI=1S/C17H18N2O6/c1-2-12-13-7-8-14(20)15(18(13)16(12)21)17(22)25-9-10-3-5-11(6-4-10)19(23)24/h3-6,12-13,20H,2,7-9H2,1H3/t12-,13-/m1/s1. The molecule has 25 heavy (non-hydrogen) atoms. The van der Waals surface area contributed by atoms with Gasteiger partial charge in [-0.05, 0) is 30.5 Å². The normalized spacial score (nSPS) is 22.3. The van der Waals surface area contributed by atoms with Crippen molar-refractivity contribution in [2.24, 2.45) is 5.92 Å². The molecule has 1 aromatic carbocycles. The van der Waals surface area contributed by atoms with Crippen molar-refractivity contribution in [2.45, 2.75) is 38.8 Å². The summed E-state index contributed by atoms with van der Waals surface area (Å²) in [5, 5.41) is 20.7. The molecule has 1 fully saturated rings. The van der Waals surface area contributed by atoms with Crippen molar-refractivity contribution in [2.75, 3.05) is 0 Å². The van der Waals surface area contributed by atoms with E-state index in [2.05, 4.69) is 0 Å². The van der Waals surface area contributed by atoms with E-state index in [9.17, 15) is 24.8 Å². The zero-order chi connectivity index (χ0) is 18.1. The van der Waals surface area contributed by atoms with Gasteiger partial charge in [-0.2, -0.15) is 0 Å². The van der Waals surface area contributed by atoms with Gasteiger partial charge in [0.05, 0.1) is 10.8 Å². The lowest BCUT2D eigenvalue weighted by Crippen LogP contribution is -2.62. The second kappa shape index (κ2) is 6.54. The van der Waals surface area contributed by atoms with Gasteiger partial charge in [0.25, 0.3) is 5.69 Å². The van der Waals surface area contributed by atoms with Gasteiger partial charge in [0, 0.05) is 24.6 Å². The number of hydrogen-bond donors (Lipinski definition) is 1. The lowest BCUT2D eigenvalue weighted by Gasteiger charge is -2.49. The number of rotatable bonds is 5. The Bertz CT molecular complexity index is 755. The Morgan fingerprint density at radius 2 is 2.08 bits per heavy atom. The number of hydrogen-bond acceptors (Lipinski definition) is 6. The summed E-state index contributed by atoms with van der Waals surface area (Å²) >= 11 is 0. The van der Waals surface area contributed by atoms with E-state index in [1.54, 1.807) is 0 Å². The van der Waals surface area contributed by atoms with Crippen LogP contribution in [-0.4, -0.2) is 32.8 Å². The molecule has 8 heteroatoms. The molecule has 1 N–H and O–H groups in total. The number of benzene rings is 1. The van der Waals surface area contributed by atoms with Gasteiger partial charge in [0.1, 0.15) is 12.4 Å². The summed E-state index contributed by atoms with van der Waals surface area (Å²) in [6.45, 7) is 1.82. The molecule has 1 saturated heterocycles. The number of non-ortho nitro benzene ring substituents is 1. The number of aliphatic hydroxyl groups is 1. The fourth-order valence-electron chi connectivity index (χ4n) is 3.35.